The van der Waals surface area contributed by atoms with Crippen molar-refractivity contribution in [2.45, 2.75) is 18.9 Å². The summed E-state index contributed by atoms with van der Waals surface area (Å²) in [4.78, 5) is 25.6. The molecule has 1 aliphatic carbocycles. The van der Waals surface area contributed by atoms with Gasteiger partial charge in [-0.15, -0.1) is 0 Å². The number of hydrogen-bond acceptors (Lipinski definition) is 2. The van der Waals surface area contributed by atoms with E-state index in [1.54, 1.807) is 24.3 Å². The van der Waals surface area contributed by atoms with Gasteiger partial charge in [-0.25, -0.2) is 8.78 Å². The summed E-state index contributed by atoms with van der Waals surface area (Å²) in [6.07, 6.45) is 2.00. The Labute approximate surface area is 138 Å². The van der Waals surface area contributed by atoms with Gasteiger partial charge in [0.25, 0.3) is 11.8 Å². The lowest BCUT2D eigenvalue weighted by Crippen LogP contribution is -2.27. The predicted octanol–water partition coefficient (Wildman–Crippen LogP) is 3.13. The van der Waals surface area contributed by atoms with Crippen molar-refractivity contribution in [2.24, 2.45) is 0 Å². The van der Waals surface area contributed by atoms with Gasteiger partial charge in [-0.3, -0.25) is 9.59 Å². The van der Waals surface area contributed by atoms with E-state index in [1.165, 1.54) is 18.0 Å². The second kappa shape index (κ2) is 6.39. The molecule has 0 atom stereocenters. The van der Waals surface area contributed by atoms with Crippen molar-refractivity contribution < 1.29 is 18.4 Å². The standard InChI is InChI=1S/C18H16F2N2O2/c1-22(14-8-9-15(19)16(20)10-14)18(24)12-4-2-11(3-5-12)17(23)21-13-6-7-13/h2-5,8-10,13H,6-7H2,1H3,(H,21,23). The van der Waals surface area contributed by atoms with Crippen LogP contribution in [0.3, 0.4) is 0 Å². The second-order valence-corrected chi connectivity index (χ2v) is 5.79. The van der Waals surface area contributed by atoms with Crippen LogP contribution in [0.1, 0.15) is 33.6 Å². The Balaban J connectivity index is 1.73. The van der Waals surface area contributed by atoms with Crippen LogP contribution in [0, 0.1) is 11.6 Å². The van der Waals surface area contributed by atoms with Crippen molar-refractivity contribution in [1.82, 2.24) is 5.32 Å². The average molecular weight is 330 g/mol. The van der Waals surface area contributed by atoms with Gasteiger partial charge in [0.1, 0.15) is 0 Å². The highest BCUT2D eigenvalue weighted by molar-refractivity contribution is 6.06. The molecule has 4 nitrogen and oxygen atoms in total. The zero-order valence-corrected chi connectivity index (χ0v) is 13.1. The van der Waals surface area contributed by atoms with Crippen LogP contribution in [-0.2, 0) is 0 Å². The van der Waals surface area contributed by atoms with E-state index in [-0.39, 0.29) is 23.5 Å². The van der Waals surface area contributed by atoms with Crippen molar-refractivity contribution >= 4 is 17.5 Å². The van der Waals surface area contributed by atoms with E-state index in [0.29, 0.717) is 11.1 Å². The van der Waals surface area contributed by atoms with Gasteiger partial charge in [0.15, 0.2) is 11.6 Å². The Hall–Kier alpha value is -2.76. The van der Waals surface area contributed by atoms with Crippen LogP contribution in [0.25, 0.3) is 0 Å². The second-order valence-electron chi connectivity index (χ2n) is 5.79. The molecular weight excluding hydrogens is 314 g/mol. The zero-order valence-electron chi connectivity index (χ0n) is 13.1. The normalized spacial score (nSPS) is 13.5. The van der Waals surface area contributed by atoms with Crippen molar-refractivity contribution in [3.8, 4) is 0 Å². The van der Waals surface area contributed by atoms with E-state index < -0.39 is 11.6 Å². The van der Waals surface area contributed by atoms with Crippen LogP contribution in [-0.4, -0.2) is 24.9 Å². The lowest BCUT2D eigenvalue weighted by molar-refractivity contribution is 0.0948. The molecule has 2 aromatic rings. The van der Waals surface area contributed by atoms with Gasteiger partial charge in [0, 0.05) is 36.0 Å². The van der Waals surface area contributed by atoms with Gasteiger partial charge in [-0.05, 0) is 49.2 Å². The fourth-order valence-electron chi connectivity index (χ4n) is 2.27. The summed E-state index contributed by atoms with van der Waals surface area (Å²) in [6.45, 7) is 0. The largest absolute Gasteiger partial charge is 0.349 e. The minimum absolute atomic E-state index is 0.162. The average Bonchev–Trinajstić information content (AvgIpc) is 3.40. The van der Waals surface area contributed by atoms with Crippen molar-refractivity contribution in [3.63, 3.8) is 0 Å². The fraction of sp³-hybridized carbons (Fsp3) is 0.222. The number of hydrogen-bond donors (Lipinski definition) is 1. The van der Waals surface area contributed by atoms with Crippen LogP contribution in [0.4, 0.5) is 14.5 Å². The van der Waals surface area contributed by atoms with E-state index in [9.17, 15) is 18.4 Å². The van der Waals surface area contributed by atoms with Crippen LogP contribution >= 0.6 is 0 Å². The molecule has 1 saturated carbocycles. The molecule has 2 amide bonds. The number of anilines is 1. The molecule has 0 heterocycles. The number of nitrogens with one attached hydrogen (secondary N) is 1. The molecule has 124 valence electrons. The van der Waals surface area contributed by atoms with Gasteiger partial charge in [-0.2, -0.15) is 0 Å². The maximum atomic E-state index is 13.3. The van der Waals surface area contributed by atoms with Crippen molar-refractivity contribution in [1.29, 1.82) is 0 Å². The smallest absolute Gasteiger partial charge is 0.258 e. The topological polar surface area (TPSA) is 49.4 Å². The van der Waals surface area contributed by atoms with E-state index in [0.717, 1.165) is 25.0 Å². The highest BCUT2D eigenvalue weighted by Crippen LogP contribution is 2.21. The molecule has 6 heteroatoms. The molecule has 0 radical (unpaired) electrons. The molecule has 1 N–H and O–H groups in total. The molecule has 0 bridgehead atoms. The number of amides is 2. The molecule has 1 fully saturated rings. The Morgan fingerprint density at radius 2 is 1.62 bits per heavy atom. The summed E-state index contributed by atoms with van der Waals surface area (Å²) in [5.74, 6) is -2.52. The Kier molecular flexibility index (Phi) is 4.29. The summed E-state index contributed by atoms with van der Waals surface area (Å²) < 4.78 is 26.3. The number of halogens is 2. The number of benzene rings is 2. The van der Waals surface area contributed by atoms with Gasteiger partial charge in [0.2, 0.25) is 0 Å². The van der Waals surface area contributed by atoms with E-state index in [4.69, 9.17) is 0 Å². The lowest BCUT2D eigenvalue weighted by atomic mass is 10.1. The molecule has 1 aliphatic rings. The Bertz CT molecular complexity index is 786. The quantitative estimate of drug-likeness (QED) is 0.936. The molecular formula is C18H16F2N2O2. The fourth-order valence-corrected chi connectivity index (χ4v) is 2.27. The summed E-state index contributed by atoms with van der Waals surface area (Å²) in [5, 5.41) is 2.87. The summed E-state index contributed by atoms with van der Waals surface area (Å²) >= 11 is 0. The molecule has 3 rings (SSSR count). The molecule has 24 heavy (non-hydrogen) atoms. The number of carbonyl (C=O) groups excluding carboxylic acids is 2. The third-order valence-corrected chi connectivity index (χ3v) is 3.90. The zero-order chi connectivity index (χ0) is 17.3. The first-order chi connectivity index (χ1) is 11.5. The molecule has 0 aromatic heterocycles. The highest BCUT2D eigenvalue weighted by atomic mass is 19.2. The maximum absolute atomic E-state index is 13.3. The first-order valence-corrected chi connectivity index (χ1v) is 7.60. The van der Waals surface area contributed by atoms with E-state index in [1.807, 2.05) is 0 Å². The lowest BCUT2D eigenvalue weighted by Gasteiger charge is -2.17. The molecule has 0 saturated heterocycles. The Morgan fingerprint density at radius 1 is 1.00 bits per heavy atom. The third-order valence-electron chi connectivity index (χ3n) is 3.90. The van der Waals surface area contributed by atoms with Crippen LogP contribution < -0.4 is 10.2 Å². The molecule has 0 aliphatic heterocycles. The summed E-state index contributed by atoms with van der Waals surface area (Å²) in [6, 6.07) is 9.76. The summed E-state index contributed by atoms with van der Waals surface area (Å²) in [7, 11) is 1.47. The molecule has 2 aromatic carbocycles. The number of carbonyl (C=O) groups is 2. The van der Waals surface area contributed by atoms with Gasteiger partial charge in [-0.1, -0.05) is 0 Å². The maximum Gasteiger partial charge on any atom is 0.258 e. The number of nitrogens with zero attached hydrogens (tertiary/aromatic N) is 1. The minimum Gasteiger partial charge on any atom is -0.349 e. The predicted molar refractivity (Wildman–Crippen MR) is 86.0 cm³/mol. The van der Waals surface area contributed by atoms with Crippen molar-refractivity contribution in [2.75, 3.05) is 11.9 Å². The number of rotatable bonds is 4. The third kappa shape index (κ3) is 3.42. The van der Waals surface area contributed by atoms with Gasteiger partial charge >= 0.3 is 0 Å². The monoisotopic (exact) mass is 330 g/mol. The summed E-state index contributed by atoms with van der Waals surface area (Å²) in [5.41, 5.74) is 1.08. The van der Waals surface area contributed by atoms with Gasteiger partial charge in [0.05, 0.1) is 0 Å². The van der Waals surface area contributed by atoms with E-state index >= 15 is 0 Å². The van der Waals surface area contributed by atoms with Crippen LogP contribution in [0.2, 0.25) is 0 Å². The highest BCUT2D eigenvalue weighted by Gasteiger charge is 2.24. The van der Waals surface area contributed by atoms with Gasteiger partial charge < -0.3 is 10.2 Å². The van der Waals surface area contributed by atoms with Crippen LogP contribution in [0.5, 0.6) is 0 Å². The minimum atomic E-state index is -1.01. The first kappa shape index (κ1) is 16.1. The Morgan fingerprint density at radius 3 is 2.21 bits per heavy atom. The molecule has 0 spiro atoms. The van der Waals surface area contributed by atoms with E-state index in [2.05, 4.69) is 5.32 Å². The SMILES string of the molecule is CN(C(=O)c1ccc(C(=O)NC2CC2)cc1)c1ccc(F)c(F)c1. The van der Waals surface area contributed by atoms with Crippen LogP contribution in [0.15, 0.2) is 42.5 Å². The first-order valence-electron chi connectivity index (χ1n) is 7.60. The van der Waals surface area contributed by atoms with Crippen molar-refractivity contribution in [3.05, 3.63) is 65.2 Å². The molecule has 0 unspecified atom stereocenters.